The molecule has 0 amide bonds. The quantitative estimate of drug-likeness (QED) is 0.180. The SMILES string of the molecule is Cc1ccc(-c2ccc(-c3ccc(C)c(F)c3F)cc2)cc1.Cc1ccc(-c2ccc(-c3ccc(C)cc3)c(F)c2F)cc1. The van der Waals surface area contributed by atoms with Gasteiger partial charge in [0.2, 0.25) is 0 Å². The van der Waals surface area contributed by atoms with Crippen LogP contribution < -0.4 is 0 Å². The number of hydrogen-bond donors (Lipinski definition) is 0. The van der Waals surface area contributed by atoms with E-state index in [9.17, 15) is 17.6 Å². The first kappa shape index (κ1) is 30.5. The first-order valence-corrected chi connectivity index (χ1v) is 14.4. The molecular formula is C40H32F4. The molecule has 220 valence electrons. The third kappa shape index (κ3) is 6.65. The van der Waals surface area contributed by atoms with Crippen LogP contribution in [0.1, 0.15) is 22.3 Å². The summed E-state index contributed by atoms with van der Waals surface area (Å²) in [6, 6.07) is 37.0. The molecule has 0 saturated heterocycles. The van der Waals surface area contributed by atoms with Crippen molar-refractivity contribution in [2.45, 2.75) is 27.7 Å². The van der Waals surface area contributed by atoms with Crippen LogP contribution in [0, 0.1) is 51.0 Å². The van der Waals surface area contributed by atoms with Gasteiger partial charge < -0.3 is 0 Å². The Labute approximate surface area is 256 Å². The lowest BCUT2D eigenvalue weighted by atomic mass is 9.98. The summed E-state index contributed by atoms with van der Waals surface area (Å²) in [6.45, 7) is 7.52. The standard InChI is InChI=1S/2C20H16F2/c1-13-3-7-15(8-4-13)17-11-12-18(20(22)19(17)21)16-9-5-14(2)6-10-16;1-13-3-6-15(7-4-13)16-8-10-17(11-9-16)18-12-5-14(2)19(21)20(18)22/h2*3-12H,1-2H3. The highest BCUT2D eigenvalue weighted by atomic mass is 19.2. The molecule has 6 aromatic rings. The summed E-state index contributed by atoms with van der Waals surface area (Å²) >= 11 is 0. The summed E-state index contributed by atoms with van der Waals surface area (Å²) in [6.07, 6.45) is 0. The molecule has 6 rings (SSSR count). The summed E-state index contributed by atoms with van der Waals surface area (Å²) in [5.74, 6) is -3.17. The summed E-state index contributed by atoms with van der Waals surface area (Å²) in [4.78, 5) is 0. The van der Waals surface area contributed by atoms with E-state index in [1.807, 2.05) is 69.3 Å². The van der Waals surface area contributed by atoms with E-state index in [1.165, 1.54) is 5.56 Å². The fourth-order valence-electron chi connectivity index (χ4n) is 4.92. The van der Waals surface area contributed by atoms with Gasteiger partial charge in [0.15, 0.2) is 23.3 Å². The van der Waals surface area contributed by atoms with Gasteiger partial charge in [-0.1, -0.05) is 138 Å². The third-order valence-electron chi connectivity index (χ3n) is 7.66. The Bertz CT molecular complexity index is 1820. The summed E-state index contributed by atoms with van der Waals surface area (Å²) < 4.78 is 56.6. The van der Waals surface area contributed by atoms with Crippen LogP contribution in [0.15, 0.2) is 121 Å². The van der Waals surface area contributed by atoms with Crippen molar-refractivity contribution in [2.75, 3.05) is 0 Å². The molecule has 0 aromatic heterocycles. The van der Waals surface area contributed by atoms with Crippen molar-refractivity contribution >= 4 is 0 Å². The molecule has 0 bridgehead atoms. The van der Waals surface area contributed by atoms with Gasteiger partial charge in [-0.2, -0.15) is 0 Å². The van der Waals surface area contributed by atoms with Gasteiger partial charge in [0.05, 0.1) is 0 Å². The number of aryl methyl sites for hydroxylation is 4. The first-order chi connectivity index (χ1) is 21.1. The van der Waals surface area contributed by atoms with E-state index in [2.05, 4.69) is 24.3 Å². The van der Waals surface area contributed by atoms with E-state index in [0.717, 1.165) is 22.3 Å². The largest absolute Gasteiger partial charge is 0.203 e. The van der Waals surface area contributed by atoms with E-state index in [-0.39, 0.29) is 11.1 Å². The maximum absolute atomic E-state index is 14.4. The van der Waals surface area contributed by atoms with E-state index in [4.69, 9.17) is 0 Å². The molecular weight excluding hydrogens is 556 g/mol. The molecule has 6 aromatic carbocycles. The Hall–Kier alpha value is -4.96. The third-order valence-corrected chi connectivity index (χ3v) is 7.66. The molecule has 0 atom stereocenters. The number of hydrogen-bond acceptors (Lipinski definition) is 0. The molecule has 0 aliphatic carbocycles. The molecule has 0 spiro atoms. The molecule has 0 nitrogen and oxygen atoms in total. The second-order valence-corrected chi connectivity index (χ2v) is 11.0. The van der Waals surface area contributed by atoms with Crippen molar-refractivity contribution in [3.8, 4) is 44.5 Å². The molecule has 0 unspecified atom stereocenters. The van der Waals surface area contributed by atoms with Crippen molar-refractivity contribution in [3.63, 3.8) is 0 Å². The van der Waals surface area contributed by atoms with Crippen LogP contribution in [-0.2, 0) is 0 Å². The van der Waals surface area contributed by atoms with Crippen LogP contribution in [0.3, 0.4) is 0 Å². The molecule has 0 aliphatic heterocycles. The topological polar surface area (TPSA) is 0 Å². The normalized spacial score (nSPS) is 10.7. The van der Waals surface area contributed by atoms with Crippen molar-refractivity contribution in [1.82, 2.24) is 0 Å². The second kappa shape index (κ2) is 13.1. The predicted octanol–water partition coefficient (Wildman–Crippen LogP) is 11.8. The zero-order valence-corrected chi connectivity index (χ0v) is 25.1. The lowest BCUT2D eigenvalue weighted by Gasteiger charge is -2.09. The van der Waals surface area contributed by atoms with Gasteiger partial charge >= 0.3 is 0 Å². The summed E-state index contributed by atoms with van der Waals surface area (Å²) in [5.41, 5.74) is 8.74. The minimum Gasteiger partial charge on any atom is -0.203 e. The zero-order valence-electron chi connectivity index (χ0n) is 25.1. The lowest BCUT2D eigenvalue weighted by Crippen LogP contribution is -1.94. The van der Waals surface area contributed by atoms with E-state index < -0.39 is 23.3 Å². The van der Waals surface area contributed by atoms with Gasteiger partial charge in [0, 0.05) is 16.7 Å². The van der Waals surface area contributed by atoms with Crippen LogP contribution in [0.2, 0.25) is 0 Å². The van der Waals surface area contributed by atoms with Crippen LogP contribution >= 0.6 is 0 Å². The van der Waals surface area contributed by atoms with Crippen LogP contribution in [0.4, 0.5) is 17.6 Å². The number of benzene rings is 6. The molecule has 0 radical (unpaired) electrons. The Kier molecular flexibility index (Phi) is 9.10. The molecule has 44 heavy (non-hydrogen) atoms. The van der Waals surface area contributed by atoms with Crippen molar-refractivity contribution in [2.24, 2.45) is 0 Å². The zero-order chi connectivity index (χ0) is 31.4. The average Bonchev–Trinajstić information content (AvgIpc) is 3.03. The highest BCUT2D eigenvalue weighted by Crippen LogP contribution is 2.32. The fraction of sp³-hybridized carbons (Fsp3) is 0.100. The minimum absolute atomic E-state index is 0.286. The maximum Gasteiger partial charge on any atom is 0.167 e. The van der Waals surface area contributed by atoms with E-state index in [1.54, 1.807) is 55.5 Å². The summed E-state index contributed by atoms with van der Waals surface area (Å²) in [5, 5.41) is 0. The van der Waals surface area contributed by atoms with Crippen LogP contribution in [0.5, 0.6) is 0 Å². The van der Waals surface area contributed by atoms with Crippen molar-refractivity contribution in [3.05, 3.63) is 167 Å². The van der Waals surface area contributed by atoms with Gasteiger partial charge in [-0.25, -0.2) is 17.6 Å². The van der Waals surface area contributed by atoms with Crippen molar-refractivity contribution < 1.29 is 17.6 Å². The Morgan fingerprint density at radius 3 is 0.886 bits per heavy atom. The number of rotatable bonds is 4. The van der Waals surface area contributed by atoms with Crippen molar-refractivity contribution in [1.29, 1.82) is 0 Å². The minimum atomic E-state index is -0.804. The van der Waals surface area contributed by atoms with Gasteiger partial charge in [0.1, 0.15) is 0 Å². The maximum atomic E-state index is 14.4. The molecule has 0 heterocycles. The van der Waals surface area contributed by atoms with Gasteiger partial charge in [-0.15, -0.1) is 0 Å². The monoisotopic (exact) mass is 588 g/mol. The van der Waals surface area contributed by atoms with Gasteiger partial charge in [0.25, 0.3) is 0 Å². The Balaban J connectivity index is 0.000000175. The number of halogens is 4. The lowest BCUT2D eigenvalue weighted by molar-refractivity contribution is 0.505. The van der Waals surface area contributed by atoms with Gasteiger partial charge in [-0.3, -0.25) is 0 Å². The molecule has 0 aliphatic rings. The highest BCUT2D eigenvalue weighted by Gasteiger charge is 2.16. The van der Waals surface area contributed by atoms with Gasteiger partial charge in [-0.05, 0) is 61.1 Å². The Morgan fingerprint density at radius 1 is 0.273 bits per heavy atom. The van der Waals surface area contributed by atoms with Crippen LogP contribution in [-0.4, -0.2) is 0 Å². The predicted molar refractivity (Wildman–Crippen MR) is 173 cm³/mol. The molecule has 0 fully saturated rings. The fourth-order valence-corrected chi connectivity index (χ4v) is 4.92. The average molecular weight is 589 g/mol. The molecule has 0 N–H and O–H groups in total. The summed E-state index contributed by atoms with van der Waals surface area (Å²) in [7, 11) is 0. The highest BCUT2D eigenvalue weighted by molar-refractivity contribution is 5.73. The second-order valence-electron chi connectivity index (χ2n) is 11.0. The van der Waals surface area contributed by atoms with Crippen LogP contribution in [0.25, 0.3) is 44.5 Å². The first-order valence-electron chi connectivity index (χ1n) is 14.4. The molecule has 0 saturated carbocycles. The van der Waals surface area contributed by atoms with E-state index in [0.29, 0.717) is 27.8 Å². The Morgan fingerprint density at radius 2 is 0.523 bits per heavy atom. The smallest absolute Gasteiger partial charge is 0.167 e. The van der Waals surface area contributed by atoms with E-state index >= 15 is 0 Å². The molecule has 4 heteroatoms.